The Hall–Kier alpha value is -1.95. The van der Waals surface area contributed by atoms with E-state index >= 15 is 0 Å². The van der Waals surface area contributed by atoms with Crippen molar-refractivity contribution in [1.82, 2.24) is 4.98 Å². The molecule has 0 amide bonds. The minimum absolute atomic E-state index is 0.350. The van der Waals surface area contributed by atoms with Crippen LogP contribution in [0.1, 0.15) is 11.3 Å². The largest absolute Gasteiger partial charge is 0.497 e. The predicted octanol–water partition coefficient (Wildman–Crippen LogP) is 3.05. The molecular weight excluding hydrogens is 253 g/mol. The quantitative estimate of drug-likeness (QED) is 0.682. The Morgan fingerprint density at radius 2 is 2.33 bits per heavy atom. The number of benzene rings is 1. The second kappa shape index (κ2) is 5.59. The number of methoxy groups -OCH3 is 1. The summed E-state index contributed by atoms with van der Waals surface area (Å²) >= 11 is 1.44. The van der Waals surface area contributed by atoms with E-state index in [4.69, 9.17) is 4.74 Å². The number of rotatable bonds is 4. The van der Waals surface area contributed by atoms with Crippen molar-refractivity contribution in [3.63, 3.8) is 0 Å². The summed E-state index contributed by atoms with van der Waals surface area (Å²) in [5, 5.41) is 6.52. The van der Waals surface area contributed by atoms with Gasteiger partial charge in [0, 0.05) is 10.9 Å². The van der Waals surface area contributed by atoms with Crippen molar-refractivity contribution in [2.75, 3.05) is 12.5 Å². The Bertz CT molecular complexity index is 568. The van der Waals surface area contributed by atoms with Crippen LogP contribution >= 0.6 is 11.3 Å². The van der Waals surface area contributed by atoms with Crippen molar-refractivity contribution in [3.05, 3.63) is 40.7 Å². The molecule has 0 saturated carbocycles. The Balaban J connectivity index is 2.08. The van der Waals surface area contributed by atoms with E-state index in [1.54, 1.807) is 12.1 Å². The van der Waals surface area contributed by atoms with Gasteiger partial charge in [-0.25, -0.2) is 9.37 Å². The monoisotopic (exact) mass is 265 g/mol. The van der Waals surface area contributed by atoms with Crippen LogP contribution in [0.25, 0.3) is 0 Å². The Labute approximate surface area is 108 Å². The van der Waals surface area contributed by atoms with E-state index in [-0.39, 0.29) is 5.82 Å². The molecule has 0 atom stereocenters. The summed E-state index contributed by atoms with van der Waals surface area (Å²) in [5.41, 5.74) is 4.03. The van der Waals surface area contributed by atoms with Crippen molar-refractivity contribution in [1.29, 1.82) is 0 Å². The Kier molecular flexibility index (Phi) is 3.88. The van der Waals surface area contributed by atoms with Crippen LogP contribution in [0.3, 0.4) is 0 Å². The van der Waals surface area contributed by atoms with E-state index < -0.39 is 0 Å². The molecule has 0 saturated heterocycles. The highest BCUT2D eigenvalue weighted by Crippen LogP contribution is 2.16. The molecule has 0 unspecified atom stereocenters. The maximum absolute atomic E-state index is 13.4. The van der Waals surface area contributed by atoms with Crippen molar-refractivity contribution in [2.45, 2.75) is 6.92 Å². The van der Waals surface area contributed by atoms with Crippen LogP contribution in [0.4, 0.5) is 9.52 Å². The summed E-state index contributed by atoms with van der Waals surface area (Å²) in [5.74, 6) is 0.236. The fourth-order valence-electron chi connectivity index (χ4n) is 1.31. The van der Waals surface area contributed by atoms with Gasteiger partial charge in [-0.2, -0.15) is 5.10 Å². The summed E-state index contributed by atoms with van der Waals surface area (Å²) in [7, 11) is 1.53. The summed E-state index contributed by atoms with van der Waals surface area (Å²) in [6, 6.07) is 4.48. The van der Waals surface area contributed by atoms with Gasteiger partial charge in [0.25, 0.3) is 0 Å². The smallest absolute Gasteiger partial charge is 0.203 e. The number of hydrazone groups is 1. The lowest BCUT2D eigenvalue weighted by molar-refractivity contribution is 0.413. The van der Waals surface area contributed by atoms with Gasteiger partial charge in [-0.1, -0.05) is 0 Å². The molecule has 0 aliphatic rings. The Morgan fingerprint density at radius 3 is 3.00 bits per heavy atom. The lowest BCUT2D eigenvalue weighted by atomic mass is 10.2. The molecule has 0 bridgehead atoms. The normalized spacial score (nSPS) is 10.8. The minimum atomic E-state index is -0.350. The molecule has 94 valence electrons. The fraction of sp³-hybridized carbons (Fsp3) is 0.167. The molecule has 4 nitrogen and oxygen atoms in total. The second-order valence-electron chi connectivity index (χ2n) is 3.55. The number of nitrogens with zero attached hydrogens (tertiary/aromatic N) is 2. The number of aromatic nitrogens is 1. The lowest BCUT2D eigenvalue weighted by Gasteiger charge is -2.01. The standard InChI is InChI=1S/C12H12FN3OS/c1-8-7-18-12(15-8)16-14-6-9-5-10(17-2)3-4-11(9)13/h3-7H,1-2H3,(H,15,16). The number of thiazole rings is 1. The molecular formula is C12H12FN3OS. The molecule has 1 aromatic heterocycles. The average Bonchev–Trinajstić information content (AvgIpc) is 2.77. The highest BCUT2D eigenvalue weighted by atomic mass is 32.1. The van der Waals surface area contributed by atoms with Crippen molar-refractivity contribution in [3.8, 4) is 5.75 Å². The molecule has 2 aromatic rings. The zero-order chi connectivity index (χ0) is 13.0. The summed E-state index contributed by atoms with van der Waals surface area (Å²) in [4.78, 5) is 4.17. The molecule has 0 aliphatic heterocycles. The number of halogens is 1. The number of aryl methyl sites for hydroxylation is 1. The van der Waals surface area contributed by atoms with Crippen LogP contribution in [0, 0.1) is 12.7 Å². The van der Waals surface area contributed by atoms with Gasteiger partial charge in [-0.3, -0.25) is 5.43 Å². The third-order valence-corrected chi connectivity index (χ3v) is 3.05. The van der Waals surface area contributed by atoms with E-state index in [0.717, 1.165) is 5.69 Å². The number of hydrogen-bond acceptors (Lipinski definition) is 5. The van der Waals surface area contributed by atoms with Crippen LogP contribution in [0.2, 0.25) is 0 Å². The third kappa shape index (κ3) is 3.04. The SMILES string of the molecule is COc1ccc(F)c(C=NNc2nc(C)cs2)c1. The van der Waals surface area contributed by atoms with Crippen LogP contribution in [0.15, 0.2) is 28.7 Å². The number of anilines is 1. The maximum Gasteiger partial charge on any atom is 0.203 e. The van der Waals surface area contributed by atoms with Gasteiger partial charge in [0.2, 0.25) is 5.13 Å². The molecule has 18 heavy (non-hydrogen) atoms. The first-order valence-electron chi connectivity index (χ1n) is 5.24. The third-order valence-electron chi connectivity index (χ3n) is 2.19. The van der Waals surface area contributed by atoms with Gasteiger partial charge >= 0.3 is 0 Å². The maximum atomic E-state index is 13.4. The molecule has 0 aliphatic carbocycles. The zero-order valence-corrected chi connectivity index (χ0v) is 10.8. The van der Waals surface area contributed by atoms with Gasteiger partial charge in [-0.05, 0) is 25.1 Å². The highest BCUT2D eigenvalue weighted by Gasteiger charge is 2.01. The molecule has 1 N–H and O–H groups in total. The molecule has 0 fully saturated rings. The van der Waals surface area contributed by atoms with Gasteiger partial charge in [0.05, 0.1) is 19.0 Å². The first-order valence-corrected chi connectivity index (χ1v) is 6.12. The molecule has 0 spiro atoms. The highest BCUT2D eigenvalue weighted by molar-refractivity contribution is 7.13. The summed E-state index contributed by atoms with van der Waals surface area (Å²) in [6.07, 6.45) is 1.40. The number of ether oxygens (including phenoxy) is 1. The van der Waals surface area contributed by atoms with E-state index in [1.807, 2.05) is 12.3 Å². The number of nitrogens with one attached hydrogen (secondary N) is 1. The summed E-state index contributed by atoms with van der Waals surface area (Å²) in [6.45, 7) is 1.90. The lowest BCUT2D eigenvalue weighted by Crippen LogP contribution is -1.94. The van der Waals surface area contributed by atoms with Crippen LogP contribution < -0.4 is 10.2 Å². The van der Waals surface area contributed by atoms with Gasteiger partial charge in [0.15, 0.2) is 0 Å². The van der Waals surface area contributed by atoms with Crippen molar-refractivity contribution >= 4 is 22.7 Å². The van der Waals surface area contributed by atoms with Crippen molar-refractivity contribution < 1.29 is 9.13 Å². The van der Waals surface area contributed by atoms with Crippen molar-refractivity contribution in [2.24, 2.45) is 5.10 Å². The predicted molar refractivity (Wildman–Crippen MR) is 71.0 cm³/mol. The topological polar surface area (TPSA) is 46.5 Å². The van der Waals surface area contributed by atoms with E-state index in [0.29, 0.717) is 16.4 Å². The average molecular weight is 265 g/mol. The minimum Gasteiger partial charge on any atom is -0.497 e. The molecule has 0 radical (unpaired) electrons. The molecule has 1 heterocycles. The van der Waals surface area contributed by atoms with Gasteiger partial charge < -0.3 is 4.74 Å². The molecule has 2 rings (SSSR count). The van der Waals surface area contributed by atoms with E-state index in [2.05, 4.69) is 15.5 Å². The first-order chi connectivity index (χ1) is 8.69. The number of hydrogen-bond donors (Lipinski definition) is 1. The first kappa shape index (κ1) is 12.5. The molecule has 6 heteroatoms. The van der Waals surface area contributed by atoms with E-state index in [1.165, 1.54) is 30.7 Å². The van der Waals surface area contributed by atoms with Crippen LogP contribution in [0.5, 0.6) is 5.75 Å². The van der Waals surface area contributed by atoms with Gasteiger partial charge in [0.1, 0.15) is 11.6 Å². The second-order valence-corrected chi connectivity index (χ2v) is 4.41. The molecule has 1 aromatic carbocycles. The fourth-order valence-corrected chi connectivity index (χ4v) is 1.95. The zero-order valence-electron chi connectivity index (χ0n) is 9.98. The van der Waals surface area contributed by atoms with E-state index in [9.17, 15) is 4.39 Å². The summed E-state index contributed by atoms with van der Waals surface area (Å²) < 4.78 is 18.5. The van der Waals surface area contributed by atoms with Gasteiger partial charge in [-0.15, -0.1) is 11.3 Å². The Morgan fingerprint density at radius 1 is 1.50 bits per heavy atom. The van der Waals surface area contributed by atoms with Crippen LogP contribution in [-0.2, 0) is 0 Å². The van der Waals surface area contributed by atoms with Crippen LogP contribution in [-0.4, -0.2) is 18.3 Å².